The van der Waals surface area contributed by atoms with Crippen molar-refractivity contribution in [2.24, 2.45) is 4.99 Å². The van der Waals surface area contributed by atoms with Crippen LogP contribution in [0.25, 0.3) is 0 Å². The molecule has 0 saturated heterocycles. The number of rotatable bonds is 0. The fourth-order valence-electron chi connectivity index (χ4n) is 1.22. The molecule has 1 nitrogen and oxygen atoms in total. The van der Waals surface area contributed by atoms with Gasteiger partial charge in [0.2, 0.25) is 0 Å². The Morgan fingerprint density at radius 2 is 2.50 bits per heavy atom. The summed E-state index contributed by atoms with van der Waals surface area (Å²) >= 11 is 0. The van der Waals surface area contributed by atoms with Crippen LogP contribution < -0.4 is 0 Å². The van der Waals surface area contributed by atoms with Crippen molar-refractivity contribution in [3.8, 4) is 0 Å². The minimum absolute atomic E-state index is 1.18. The van der Waals surface area contributed by atoms with Crippen molar-refractivity contribution >= 4 is 5.87 Å². The van der Waals surface area contributed by atoms with Crippen LogP contribution in [0.15, 0.2) is 22.3 Å². The van der Waals surface area contributed by atoms with Gasteiger partial charge < -0.3 is 0 Å². The molecule has 40 valence electrons. The first-order valence-electron chi connectivity index (χ1n) is 2.98. The molecule has 0 radical (unpaired) electrons. The normalized spacial score (nSPS) is 23.0. The molecule has 8 heavy (non-hydrogen) atoms. The molecule has 0 saturated carbocycles. The molecule has 0 aromatic rings. The Morgan fingerprint density at radius 3 is 3.38 bits per heavy atom. The lowest BCUT2D eigenvalue weighted by atomic mass is 10.2. The van der Waals surface area contributed by atoms with Crippen molar-refractivity contribution in [3.05, 3.63) is 17.3 Å². The predicted molar refractivity (Wildman–Crippen MR) is 32.9 cm³/mol. The molecular weight excluding hydrogens is 98.1 g/mol. The minimum Gasteiger partial charge on any atom is -0.210 e. The van der Waals surface area contributed by atoms with E-state index < -0.39 is 0 Å². The van der Waals surface area contributed by atoms with E-state index >= 15 is 0 Å². The van der Waals surface area contributed by atoms with Crippen molar-refractivity contribution in [3.63, 3.8) is 0 Å². The van der Waals surface area contributed by atoms with Gasteiger partial charge >= 0.3 is 0 Å². The number of aliphatic imine (C=N–C) groups is 1. The highest BCUT2D eigenvalue weighted by Crippen LogP contribution is 2.28. The van der Waals surface area contributed by atoms with Gasteiger partial charge in [0, 0.05) is 6.08 Å². The van der Waals surface area contributed by atoms with E-state index in [1.165, 1.54) is 30.5 Å². The summed E-state index contributed by atoms with van der Waals surface area (Å²) in [7, 11) is 0. The highest BCUT2D eigenvalue weighted by Gasteiger charge is 2.13. The summed E-state index contributed by atoms with van der Waals surface area (Å²) in [6, 6.07) is 0. The van der Waals surface area contributed by atoms with Crippen LogP contribution in [-0.4, -0.2) is 5.87 Å². The molecule has 0 spiro atoms. The van der Waals surface area contributed by atoms with Crippen LogP contribution >= 0.6 is 0 Å². The zero-order valence-electron chi connectivity index (χ0n) is 4.65. The van der Waals surface area contributed by atoms with Crippen molar-refractivity contribution in [1.29, 1.82) is 0 Å². The Kier molecular flexibility index (Phi) is 0.684. The Labute approximate surface area is 48.4 Å². The molecule has 0 bridgehead atoms. The van der Waals surface area contributed by atoms with Gasteiger partial charge in [-0.15, -0.1) is 0 Å². The summed E-state index contributed by atoms with van der Waals surface area (Å²) < 4.78 is 0. The molecule has 1 heteroatoms. The van der Waals surface area contributed by atoms with Crippen LogP contribution in [-0.2, 0) is 0 Å². The topological polar surface area (TPSA) is 12.4 Å². The van der Waals surface area contributed by atoms with Gasteiger partial charge in [0.25, 0.3) is 0 Å². The van der Waals surface area contributed by atoms with Crippen molar-refractivity contribution < 1.29 is 0 Å². The molecule has 1 aliphatic heterocycles. The first kappa shape index (κ1) is 4.11. The average molecular weight is 105 g/mol. The van der Waals surface area contributed by atoms with Crippen molar-refractivity contribution in [2.75, 3.05) is 0 Å². The number of hydrogen-bond donors (Lipinski definition) is 0. The Bertz CT molecular complexity index is 186. The monoisotopic (exact) mass is 105 g/mol. The van der Waals surface area contributed by atoms with E-state index in [1.54, 1.807) is 0 Å². The summed E-state index contributed by atoms with van der Waals surface area (Å²) in [5, 5.41) is 0. The Balaban J connectivity index is 2.42. The van der Waals surface area contributed by atoms with E-state index in [0.29, 0.717) is 0 Å². The second kappa shape index (κ2) is 1.33. The molecule has 0 amide bonds. The number of hydrogen-bond acceptors (Lipinski definition) is 1. The lowest BCUT2D eigenvalue weighted by Gasteiger charge is -1.82. The van der Waals surface area contributed by atoms with Crippen molar-refractivity contribution in [1.82, 2.24) is 0 Å². The van der Waals surface area contributed by atoms with Gasteiger partial charge in [-0.1, -0.05) is 0 Å². The number of nitrogens with zero attached hydrogens (tertiary/aromatic N) is 1. The third-order valence-electron chi connectivity index (χ3n) is 1.67. The lowest BCUT2D eigenvalue weighted by molar-refractivity contribution is 0.893. The maximum Gasteiger partial charge on any atom is 0.0542 e. The van der Waals surface area contributed by atoms with E-state index in [9.17, 15) is 0 Å². The maximum absolute atomic E-state index is 4.07. The smallest absolute Gasteiger partial charge is 0.0542 e. The minimum atomic E-state index is 1.18. The standard InChI is InChI=1S/C7H7N/c1-2-6-4-5-8-7(6)3-1/h4H,1-3H2. The van der Waals surface area contributed by atoms with Crippen LogP contribution in [0.4, 0.5) is 0 Å². The zero-order valence-corrected chi connectivity index (χ0v) is 4.65. The van der Waals surface area contributed by atoms with E-state index in [2.05, 4.69) is 10.9 Å². The largest absolute Gasteiger partial charge is 0.210 e. The third kappa shape index (κ3) is 0.395. The Morgan fingerprint density at radius 1 is 1.50 bits per heavy atom. The number of allylic oxidation sites excluding steroid dienone is 3. The van der Waals surface area contributed by atoms with Gasteiger partial charge in [-0.05, 0) is 30.7 Å². The molecule has 0 fully saturated rings. The van der Waals surface area contributed by atoms with Gasteiger partial charge in [0.1, 0.15) is 0 Å². The summed E-state index contributed by atoms with van der Waals surface area (Å²) in [5.41, 5.74) is 2.70. The summed E-state index contributed by atoms with van der Waals surface area (Å²) in [5.74, 6) is 2.85. The van der Waals surface area contributed by atoms with Crippen LogP contribution in [0.3, 0.4) is 0 Å². The molecule has 0 aromatic carbocycles. The summed E-state index contributed by atoms with van der Waals surface area (Å²) in [4.78, 5) is 4.07. The van der Waals surface area contributed by atoms with E-state index in [1.807, 2.05) is 6.08 Å². The fourth-order valence-corrected chi connectivity index (χ4v) is 1.22. The van der Waals surface area contributed by atoms with Crippen LogP contribution in [0.2, 0.25) is 0 Å². The first-order valence-corrected chi connectivity index (χ1v) is 2.98. The molecule has 0 aromatic heterocycles. The molecule has 2 aliphatic rings. The molecular formula is C7H7N. The maximum atomic E-state index is 4.07. The highest BCUT2D eigenvalue weighted by molar-refractivity contribution is 5.65. The molecule has 0 N–H and O–H groups in total. The zero-order chi connectivity index (χ0) is 5.40. The third-order valence-corrected chi connectivity index (χ3v) is 1.67. The summed E-state index contributed by atoms with van der Waals surface area (Å²) in [6.45, 7) is 0. The molecule has 0 atom stereocenters. The fraction of sp³-hybridized carbons (Fsp3) is 0.429. The molecule has 0 unspecified atom stereocenters. The quantitative estimate of drug-likeness (QED) is 0.444. The average Bonchev–Trinajstić information content (AvgIpc) is 2.15. The van der Waals surface area contributed by atoms with Crippen LogP contribution in [0, 0.1) is 0 Å². The van der Waals surface area contributed by atoms with Gasteiger partial charge in [-0.2, -0.15) is 0 Å². The van der Waals surface area contributed by atoms with E-state index in [0.717, 1.165) is 0 Å². The summed E-state index contributed by atoms with van der Waals surface area (Å²) in [6.07, 6.45) is 5.71. The lowest BCUT2D eigenvalue weighted by Crippen LogP contribution is -1.65. The predicted octanol–water partition coefficient (Wildman–Crippen LogP) is 1.66. The van der Waals surface area contributed by atoms with Crippen LogP contribution in [0.1, 0.15) is 19.3 Å². The SMILES string of the molecule is C1=CC2=C(CCC2)N=1. The van der Waals surface area contributed by atoms with Crippen LogP contribution in [0.5, 0.6) is 0 Å². The first-order chi connectivity index (χ1) is 3.97. The Hall–Kier alpha value is -0.810. The van der Waals surface area contributed by atoms with E-state index in [-0.39, 0.29) is 0 Å². The second-order valence-corrected chi connectivity index (χ2v) is 2.21. The van der Waals surface area contributed by atoms with Gasteiger partial charge in [-0.25, -0.2) is 4.99 Å². The van der Waals surface area contributed by atoms with Gasteiger partial charge in [0.15, 0.2) is 0 Å². The molecule has 2 rings (SSSR count). The molecule has 1 heterocycles. The van der Waals surface area contributed by atoms with Gasteiger partial charge in [-0.3, -0.25) is 0 Å². The van der Waals surface area contributed by atoms with Crippen molar-refractivity contribution in [2.45, 2.75) is 19.3 Å². The molecule has 1 aliphatic carbocycles. The van der Waals surface area contributed by atoms with Gasteiger partial charge in [0.05, 0.1) is 5.70 Å². The van der Waals surface area contributed by atoms with E-state index in [4.69, 9.17) is 0 Å². The highest BCUT2D eigenvalue weighted by atomic mass is 14.7. The second-order valence-electron chi connectivity index (χ2n) is 2.21.